The Balaban J connectivity index is 3.29. The number of benzene rings is 1. The van der Waals surface area contributed by atoms with Crippen molar-refractivity contribution in [3.8, 4) is 0 Å². The summed E-state index contributed by atoms with van der Waals surface area (Å²) in [6, 6.07) is 1.88. The lowest BCUT2D eigenvalue weighted by Crippen LogP contribution is -2.19. The zero-order chi connectivity index (χ0) is 10.9. The SMILES string of the molecule is Cc1cc(Cl)c(NC(N)=S)c(Br)c1C. The third-order valence-corrected chi connectivity index (χ3v) is 3.36. The molecule has 2 nitrogen and oxygen atoms in total. The molecule has 0 aliphatic carbocycles. The Hall–Kier alpha value is -0.320. The van der Waals surface area contributed by atoms with Gasteiger partial charge in [-0.3, -0.25) is 0 Å². The molecular formula is C9H10BrClN2S. The number of rotatable bonds is 1. The van der Waals surface area contributed by atoms with E-state index in [-0.39, 0.29) is 5.11 Å². The van der Waals surface area contributed by atoms with E-state index >= 15 is 0 Å². The highest BCUT2D eigenvalue weighted by atomic mass is 79.9. The molecule has 0 bridgehead atoms. The lowest BCUT2D eigenvalue weighted by Gasteiger charge is -2.13. The van der Waals surface area contributed by atoms with Gasteiger partial charge in [0.25, 0.3) is 0 Å². The van der Waals surface area contributed by atoms with Gasteiger partial charge in [0.15, 0.2) is 5.11 Å². The largest absolute Gasteiger partial charge is 0.376 e. The molecule has 0 aliphatic rings. The molecule has 0 heterocycles. The van der Waals surface area contributed by atoms with Crippen LogP contribution in [-0.2, 0) is 0 Å². The fourth-order valence-corrected chi connectivity index (χ4v) is 2.22. The van der Waals surface area contributed by atoms with E-state index in [0.29, 0.717) is 5.02 Å². The quantitative estimate of drug-likeness (QED) is 0.780. The third-order valence-electron chi connectivity index (χ3n) is 1.97. The molecule has 0 unspecified atom stereocenters. The number of nitrogens with one attached hydrogen (secondary N) is 1. The van der Waals surface area contributed by atoms with E-state index in [2.05, 4.69) is 21.2 Å². The van der Waals surface area contributed by atoms with Gasteiger partial charge in [-0.2, -0.15) is 0 Å². The minimum absolute atomic E-state index is 0.204. The highest BCUT2D eigenvalue weighted by Crippen LogP contribution is 2.35. The molecule has 1 aromatic rings. The summed E-state index contributed by atoms with van der Waals surface area (Å²) in [4.78, 5) is 0. The highest BCUT2D eigenvalue weighted by molar-refractivity contribution is 9.10. The molecule has 0 fully saturated rings. The van der Waals surface area contributed by atoms with Crippen molar-refractivity contribution in [1.82, 2.24) is 0 Å². The second-order valence-electron chi connectivity index (χ2n) is 2.98. The van der Waals surface area contributed by atoms with Crippen LogP contribution >= 0.6 is 39.7 Å². The van der Waals surface area contributed by atoms with Crippen LogP contribution in [-0.4, -0.2) is 5.11 Å². The Morgan fingerprint density at radius 1 is 1.57 bits per heavy atom. The van der Waals surface area contributed by atoms with Gasteiger partial charge in [0.2, 0.25) is 0 Å². The third kappa shape index (κ3) is 2.38. The minimum atomic E-state index is 0.204. The van der Waals surface area contributed by atoms with Crippen LogP contribution < -0.4 is 11.1 Å². The maximum Gasteiger partial charge on any atom is 0.168 e. The Morgan fingerprint density at radius 3 is 2.64 bits per heavy atom. The summed E-state index contributed by atoms with van der Waals surface area (Å²) in [5.74, 6) is 0. The molecule has 5 heteroatoms. The van der Waals surface area contributed by atoms with Gasteiger partial charge in [-0.1, -0.05) is 11.6 Å². The summed E-state index contributed by atoms with van der Waals surface area (Å²) in [7, 11) is 0. The van der Waals surface area contributed by atoms with E-state index < -0.39 is 0 Å². The van der Waals surface area contributed by atoms with Crippen molar-refractivity contribution < 1.29 is 0 Å². The molecule has 1 rings (SSSR count). The van der Waals surface area contributed by atoms with Crippen molar-refractivity contribution in [1.29, 1.82) is 0 Å². The maximum atomic E-state index is 6.04. The summed E-state index contributed by atoms with van der Waals surface area (Å²) in [5.41, 5.74) is 8.35. The minimum Gasteiger partial charge on any atom is -0.376 e. The van der Waals surface area contributed by atoms with Gasteiger partial charge in [0.05, 0.1) is 10.7 Å². The topological polar surface area (TPSA) is 38.0 Å². The Labute approximate surface area is 102 Å². The molecule has 0 amide bonds. The van der Waals surface area contributed by atoms with E-state index in [0.717, 1.165) is 21.3 Å². The van der Waals surface area contributed by atoms with Crippen LogP contribution in [0, 0.1) is 13.8 Å². The maximum absolute atomic E-state index is 6.04. The van der Waals surface area contributed by atoms with Crippen LogP contribution in [0.25, 0.3) is 0 Å². The van der Waals surface area contributed by atoms with Crippen molar-refractivity contribution >= 4 is 50.5 Å². The number of hydrogen-bond donors (Lipinski definition) is 2. The standard InChI is InChI=1S/C9H10BrClN2S/c1-4-3-6(11)8(13-9(12)14)7(10)5(4)2/h3H,1-2H3,(H3,12,13,14). The second-order valence-corrected chi connectivity index (χ2v) is 4.62. The molecule has 76 valence electrons. The number of aryl methyl sites for hydroxylation is 1. The van der Waals surface area contributed by atoms with Gasteiger partial charge >= 0.3 is 0 Å². The van der Waals surface area contributed by atoms with Crippen LogP contribution in [0.5, 0.6) is 0 Å². The Bertz CT molecular complexity index is 393. The van der Waals surface area contributed by atoms with E-state index in [1.807, 2.05) is 19.9 Å². The lowest BCUT2D eigenvalue weighted by atomic mass is 10.1. The summed E-state index contributed by atoms with van der Waals surface area (Å²) >= 11 is 14.3. The first-order valence-corrected chi connectivity index (χ1v) is 5.53. The highest BCUT2D eigenvalue weighted by Gasteiger charge is 2.10. The number of nitrogens with two attached hydrogens (primary N) is 1. The van der Waals surface area contributed by atoms with Crippen LogP contribution in [0.15, 0.2) is 10.5 Å². The van der Waals surface area contributed by atoms with Gasteiger partial charge < -0.3 is 11.1 Å². The molecule has 0 aliphatic heterocycles. The second kappa shape index (κ2) is 4.47. The molecule has 1 aromatic carbocycles. The normalized spacial score (nSPS) is 10.0. The first-order chi connectivity index (χ1) is 6.43. The van der Waals surface area contributed by atoms with Crippen LogP contribution in [0.1, 0.15) is 11.1 Å². The van der Waals surface area contributed by atoms with Crippen molar-refractivity contribution in [2.45, 2.75) is 13.8 Å². The van der Waals surface area contributed by atoms with Crippen LogP contribution in [0.3, 0.4) is 0 Å². The Kier molecular flexibility index (Phi) is 3.75. The zero-order valence-corrected chi connectivity index (χ0v) is 11.0. The molecule has 0 saturated carbocycles. The van der Waals surface area contributed by atoms with Crippen molar-refractivity contribution in [2.75, 3.05) is 5.32 Å². The fraction of sp³-hybridized carbons (Fsp3) is 0.222. The monoisotopic (exact) mass is 292 g/mol. The fourth-order valence-electron chi connectivity index (χ4n) is 1.07. The average Bonchev–Trinajstić information content (AvgIpc) is 2.09. The predicted molar refractivity (Wildman–Crippen MR) is 69.0 cm³/mol. The molecule has 0 aromatic heterocycles. The molecule has 0 atom stereocenters. The van der Waals surface area contributed by atoms with Crippen molar-refractivity contribution in [3.05, 3.63) is 26.7 Å². The van der Waals surface area contributed by atoms with Crippen LogP contribution in [0.4, 0.5) is 5.69 Å². The molecule has 0 spiro atoms. The molecule has 3 N–H and O–H groups in total. The molecule has 14 heavy (non-hydrogen) atoms. The van der Waals surface area contributed by atoms with Gasteiger partial charge in [-0.15, -0.1) is 0 Å². The number of anilines is 1. The number of halogens is 2. The van der Waals surface area contributed by atoms with Crippen molar-refractivity contribution in [2.24, 2.45) is 5.73 Å². The zero-order valence-electron chi connectivity index (χ0n) is 7.82. The van der Waals surface area contributed by atoms with Gasteiger partial charge in [0.1, 0.15) is 0 Å². The average molecular weight is 294 g/mol. The van der Waals surface area contributed by atoms with E-state index in [4.69, 9.17) is 29.6 Å². The summed E-state index contributed by atoms with van der Waals surface area (Å²) < 4.78 is 0.898. The van der Waals surface area contributed by atoms with Gasteiger partial charge in [-0.25, -0.2) is 0 Å². The van der Waals surface area contributed by atoms with Crippen LogP contribution in [0.2, 0.25) is 5.02 Å². The van der Waals surface area contributed by atoms with Gasteiger partial charge in [-0.05, 0) is 59.2 Å². The van der Waals surface area contributed by atoms with Gasteiger partial charge in [0, 0.05) is 4.47 Å². The number of thiocarbonyl (C=S) groups is 1. The van der Waals surface area contributed by atoms with Crippen molar-refractivity contribution in [3.63, 3.8) is 0 Å². The summed E-state index contributed by atoms with van der Waals surface area (Å²) in [5, 5.41) is 3.65. The molecule has 0 radical (unpaired) electrons. The van der Waals surface area contributed by atoms with E-state index in [9.17, 15) is 0 Å². The first kappa shape index (κ1) is 11.8. The molecular weight excluding hydrogens is 284 g/mol. The van der Waals surface area contributed by atoms with E-state index in [1.54, 1.807) is 0 Å². The van der Waals surface area contributed by atoms with E-state index in [1.165, 1.54) is 0 Å². The summed E-state index contributed by atoms with van der Waals surface area (Å²) in [6.07, 6.45) is 0. The lowest BCUT2D eigenvalue weighted by molar-refractivity contribution is 1.31. The predicted octanol–water partition coefficient (Wildman–Crippen LogP) is 3.37. The summed E-state index contributed by atoms with van der Waals surface area (Å²) in [6.45, 7) is 4.00. The molecule has 0 saturated heterocycles. The Morgan fingerprint density at radius 2 is 2.14 bits per heavy atom. The first-order valence-electron chi connectivity index (χ1n) is 3.95. The smallest absolute Gasteiger partial charge is 0.168 e. The number of hydrogen-bond acceptors (Lipinski definition) is 1.